The zero-order valence-electron chi connectivity index (χ0n) is 12.0. The summed E-state index contributed by atoms with van der Waals surface area (Å²) in [6, 6.07) is 15.8. The topological polar surface area (TPSA) is 52.2 Å². The van der Waals surface area contributed by atoms with Gasteiger partial charge in [0.25, 0.3) is 0 Å². The zero-order valence-corrected chi connectivity index (χ0v) is 12.0. The van der Waals surface area contributed by atoms with Gasteiger partial charge in [0, 0.05) is 17.2 Å². The molecule has 0 fully saturated rings. The van der Waals surface area contributed by atoms with E-state index in [1.165, 1.54) is 5.56 Å². The van der Waals surface area contributed by atoms with E-state index in [9.17, 15) is 9.90 Å². The third-order valence-electron chi connectivity index (χ3n) is 4.78. The van der Waals surface area contributed by atoms with Crippen LogP contribution < -0.4 is 10.4 Å². The van der Waals surface area contributed by atoms with Gasteiger partial charge in [0.15, 0.2) is 0 Å². The van der Waals surface area contributed by atoms with E-state index >= 15 is 0 Å². The van der Waals surface area contributed by atoms with E-state index in [4.69, 9.17) is 0 Å². The summed E-state index contributed by atoms with van der Waals surface area (Å²) in [4.78, 5) is 11.4. The molecule has 0 unspecified atom stereocenters. The molecule has 1 aliphatic heterocycles. The van der Waals surface area contributed by atoms with Crippen molar-refractivity contribution < 1.29 is 9.90 Å². The third kappa shape index (κ3) is 1.93. The van der Waals surface area contributed by atoms with Gasteiger partial charge in [0.05, 0.1) is 12.0 Å². The maximum absolute atomic E-state index is 11.4. The van der Waals surface area contributed by atoms with Crippen LogP contribution in [0, 0.1) is 5.92 Å². The molecule has 3 heteroatoms. The fourth-order valence-corrected chi connectivity index (χ4v) is 3.78. The van der Waals surface area contributed by atoms with Gasteiger partial charge in [-0.1, -0.05) is 60.7 Å². The molecule has 1 N–H and O–H groups in total. The second kappa shape index (κ2) is 5.02. The number of carbonyl (C=O) groups excluding carboxylic acids is 1. The molecule has 0 aromatic heterocycles. The molecule has 0 saturated carbocycles. The highest BCUT2D eigenvalue weighted by molar-refractivity contribution is 5.94. The summed E-state index contributed by atoms with van der Waals surface area (Å²) < 4.78 is 0. The van der Waals surface area contributed by atoms with Crippen molar-refractivity contribution in [2.45, 2.75) is 18.4 Å². The van der Waals surface area contributed by atoms with Crippen molar-refractivity contribution in [1.29, 1.82) is 0 Å². The molecule has 1 aliphatic carbocycles. The summed E-state index contributed by atoms with van der Waals surface area (Å²) >= 11 is 0. The van der Waals surface area contributed by atoms with Crippen LogP contribution in [0.3, 0.4) is 0 Å². The Balaban J connectivity index is 1.85. The van der Waals surface area contributed by atoms with Gasteiger partial charge in [-0.15, -0.1) is 0 Å². The number of carboxylic acid groups (broad SMARTS) is 1. The number of fused-ring (bicyclic) bond motifs is 3. The van der Waals surface area contributed by atoms with Crippen LogP contribution in [-0.2, 0) is 0 Å². The number of nitrogens with one attached hydrogen (secondary N) is 1. The van der Waals surface area contributed by atoms with E-state index in [0.29, 0.717) is 11.6 Å². The predicted molar refractivity (Wildman–Crippen MR) is 83.6 cm³/mol. The first kappa shape index (κ1) is 13.1. The minimum Gasteiger partial charge on any atom is -0.545 e. The second-order valence-corrected chi connectivity index (χ2v) is 5.94. The highest BCUT2D eigenvalue weighted by Gasteiger charge is 2.38. The Labute approximate surface area is 129 Å². The molecule has 0 spiro atoms. The molecule has 0 bridgehead atoms. The lowest BCUT2D eigenvalue weighted by Crippen LogP contribution is -2.32. The van der Waals surface area contributed by atoms with Crippen molar-refractivity contribution in [1.82, 2.24) is 0 Å². The average molecular weight is 290 g/mol. The Morgan fingerprint density at radius 2 is 1.91 bits per heavy atom. The number of hydrogen-bond acceptors (Lipinski definition) is 3. The van der Waals surface area contributed by atoms with Crippen molar-refractivity contribution in [3.05, 3.63) is 77.4 Å². The zero-order chi connectivity index (χ0) is 15.1. The summed E-state index contributed by atoms with van der Waals surface area (Å²) in [5.74, 6) is -0.441. The fraction of sp³-hybridized carbons (Fsp3) is 0.211. The van der Waals surface area contributed by atoms with Gasteiger partial charge in [-0.05, 0) is 23.5 Å². The molecule has 4 rings (SSSR count). The number of rotatable bonds is 2. The summed E-state index contributed by atoms with van der Waals surface area (Å²) in [6.07, 6.45) is 5.42. The fourth-order valence-electron chi connectivity index (χ4n) is 3.78. The van der Waals surface area contributed by atoms with E-state index in [1.54, 1.807) is 12.1 Å². The lowest BCUT2D eigenvalue weighted by atomic mass is 9.76. The van der Waals surface area contributed by atoms with Gasteiger partial charge in [-0.2, -0.15) is 0 Å². The molecule has 2 aliphatic rings. The number of hydrogen-bond donors (Lipinski definition) is 1. The maximum Gasteiger partial charge on any atom is 0.0736 e. The van der Waals surface area contributed by atoms with E-state index in [0.717, 1.165) is 12.0 Å². The number of para-hydroxylation sites is 1. The Bertz CT molecular complexity index is 751. The molecule has 0 radical (unpaired) electrons. The van der Waals surface area contributed by atoms with Crippen LogP contribution in [0.1, 0.15) is 39.9 Å². The molecular formula is C19H16NO2-. The quantitative estimate of drug-likeness (QED) is 0.865. The van der Waals surface area contributed by atoms with Gasteiger partial charge in [-0.3, -0.25) is 0 Å². The van der Waals surface area contributed by atoms with E-state index in [2.05, 4.69) is 29.6 Å². The van der Waals surface area contributed by atoms with Crippen molar-refractivity contribution in [2.75, 3.05) is 5.32 Å². The lowest BCUT2D eigenvalue weighted by Gasteiger charge is -2.38. The molecule has 0 saturated heterocycles. The summed E-state index contributed by atoms with van der Waals surface area (Å²) in [5.41, 5.74) is 3.22. The molecule has 2 aromatic carbocycles. The molecule has 3 atom stereocenters. The highest BCUT2D eigenvalue weighted by Crippen LogP contribution is 2.50. The molecular weight excluding hydrogens is 274 g/mol. The minimum atomic E-state index is -1.13. The minimum absolute atomic E-state index is 0.120. The van der Waals surface area contributed by atoms with Crippen LogP contribution in [0.5, 0.6) is 0 Å². The van der Waals surface area contributed by atoms with Crippen LogP contribution in [-0.4, -0.2) is 5.97 Å². The first-order chi connectivity index (χ1) is 10.8. The molecule has 22 heavy (non-hydrogen) atoms. The standard InChI is InChI=1S/C19H17NO2/c21-19(22)16-11-5-10-15-13-8-4-9-14(13)17(20-18(15)16)12-6-2-1-3-7-12/h1-8,10-11,13-14,17,20H,9H2,(H,21,22)/p-1/t13-,14+,17-/m1/s1. The van der Waals surface area contributed by atoms with Crippen LogP contribution in [0.25, 0.3) is 0 Å². The summed E-state index contributed by atoms with van der Waals surface area (Å²) in [5, 5.41) is 14.9. The molecule has 3 nitrogen and oxygen atoms in total. The number of aromatic carboxylic acids is 1. The van der Waals surface area contributed by atoms with E-state index in [1.807, 2.05) is 24.3 Å². The number of carbonyl (C=O) groups is 1. The van der Waals surface area contributed by atoms with Crippen LogP contribution in [0.15, 0.2) is 60.7 Å². The van der Waals surface area contributed by atoms with Crippen molar-refractivity contribution in [3.8, 4) is 0 Å². The van der Waals surface area contributed by atoms with E-state index < -0.39 is 5.97 Å². The molecule has 1 heterocycles. The van der Waals surface area contributed by atoms with Gasteiger partial charge >= 0.3 is 0 Å². The maximum atomic E-state index is 11.4. The van der Waals surface area contributed by atoms with Crippen molar-refractivity contribution in [2.24, 2.45) is 5.92 Å². The van der Waals surface area contributed by atoms with Crippen molar-refractivity contribution in [3.63, 3.8) is 0 Å². The monoisotopic (exact) mass is 290 g/mol. The Morgan fingerprint density at radius 3 is 2.68 bits per heavy atom. The van der Waals surface area contributed by atoms with Gasteiger partial charge in [-0.25, -0.2) is 0 Å². The number of carboxylic acids is 1. The van der Waals surface area contributed by atoms with Gasteiger partial charge < -0.3 is 15.2 Å². The smallest absolute Gasteiger partial charge is 0.0736 e. The Morgan fingerprint density at radius 1 is 1.09 bits per heavy atom. The van der Waals surface area contributed by atoms with E-state index in [-0.39, 0.29) is 17.5 Å². The second-order valence-electron chi connectivity index (χ2n) is 5.94. The Kier molecular flexibility index (Phi) is 3.00. The number of anilines is 1. The summed E-state index contributed by atoms with van der Waals surface area (Å²) in [6.45, 7) is 0. The average Bonchev–Trinajstić information content (AvgIpc) is 3.04. The number of benzene rings is 2. The van der Waals surface area contributed by atoms with Crippen LogP contribution in [0.2, 0.25) is 0 Å². The van der Waals surface area contributed by atoms with Gasteiger partial charge in [0.2, 0.25) is 0 Å². The first-order valence-corrected chi connectivity index (χ1v) is 7.58. The largest absolute Gasteiger partial charge is 0.545 e. The molecule has 2 aromatic rings. The number of allylic oxidation sites excluding steroid dienone is 2. The van der Waals surface area contributed by atoms with Gasteiger partial charge in [0.1, 0.15) is 0 Å². The predicted octanol–water partition coefficient (Wildman–Crippen LogP) is 2.88. The normalized spacial score (nSPS) is 25.2. The van der Waals surface area contributed by atoms with Crippen LogP contribution >= 0.6 is 0 Å². The first-order valence-electron chi connectivity index (χ1n) is 7.58. The van der Waals surface area contributed by atoms with Crippen molar-refractivity contribution >= 4 is 11.7 Å². The highest BCUT2D eigenvalue weighted by atomic mass is 16.4. The Hall–Kier alpha value is -2.55. The summed E-state index contributed by atoms with van der Waals surface area (Å²) in [7, 11) is 0. The molecule has 0 amide bonds. The molecule has 110 valence electrons. The third-order valence-corrected chi connectivity index (χ3v) is 4.78. The lowest BCUT2D eigenvalue weighted by molar-refractivity contribution is -0.254. The van der Waals surface area contributed by atoms with Crippen LogP contribution in [0.4, 0.5) is 5.69 Å². The SMILES string of the molecule is O=C([O-])c1cccc2c1N[C@H](c1ccccc1)[C@H]1CC=C[C@@H]21.